The van der Waals surface area contributed by atoms with E-state index in [2.05, 4.69) is 4.98 Å². The normalized spacial score (nSPS) is 22.5. The number of fused-ring (bicyclic) bond motifs is 1. The second kappa shape index (κ2) is 8.07. The number of aliphatic hydroxyl groups excluding tert-OH is 1. The average molecular weight is 456 g/mol. The van der Waals surface area contributed by atoms with E-state index in [9.17, 15) is 26.7 Å². The molecule has 0 bridgehead atoms. The summed E-state index contributed by atoms with van der Waals surface area (Å²) in [4.78, 5) is 5.96. The zero-order valence-electron chi connectivity index (χ0n) is 17.0. The van der Waals surface area contributed by atoms with Gasteiger partial charge in [0.15, 0.2) is 0 Å². The van der Waals surface area contributed by atoms with Gasteiger partial charge in [-0.05, 0) is 55.2 Å². The molecule has 0 amide bonds. The second-order valence-corrected chi connectivity index (χ2v) is 10.0. The average Bonchev–Trinajstić information content (AvgIpc) is 3.15. The summed E-state index contributed by atoms with van der Waals surface area (Å²) in [7, 11) is -3.72. The van der Waals surface area contributed by atoms with Gasteiger partial charge in [-0.15, -0.1) is 0 Å². The quantitative estimate of drug-likeness (QED) is 0.767. The molecule has 2 heterocycles. The summed E-state index contributed by atoms with van der Waals surface area (Å²) in [5, 5.41) is 9.56. The van der Waals surface area contributed by atoms with E-state index in [-0.39, 0.29) is 36.6 Å². The molecular formula is C21H24F3N3O3S. The molecule has 4 rings (SSSR count). The highest BCUT2D eigenvalue weighted by Gasteiger charge is 2.35. The first-order chi connectivity index (χ1) is 14.6. The Hall–Kier alpha value is -2.17. The maximum absolute atomic E-state index is 13.2. The smallest absolute Gasteiger partial charge is 0.396 e. The second-order valence-electron chi connectivity index (χ2n) is 8.09. The molecule has 31 heavy (non-hydrogen) atoms. The van der Waals surface area contributed by atoms with Crippen molar-refractivity contribution in [2.24, 2.45) is 0 Å². The van der Waals surface area contributed by atoms with Crippen LogP contribution in [-0.2, 0) is 22.6 Å². The number of benzene rings is 1. The molecule has 0 radical (unpaired) electrons. The third-order valence-corrected chi connectivity index (χ3v) is 8.00. The van der Waals surface area contributed by atoms with Crippen molar-refractivity contribution < 1.29 is 26.7 Å². The Kier molecular flexibility index (Phi) is 5.74. The number of nitrogens with zero attached hydrogens (tertiary/aromatic N) is 3. The Morgan fingerprint density at radius 1 is 1.19 bits per heavy atom. The Morgan fingerprint density at radius 2 is 1.97 bits per heavy atom. The molecule has 1 saturated heterocycles. The van der Waals surface area contributed by atoms with Crippen LogP contribution in [0.25, 0.3) is 0 Å². The van der Waals surface area contributed by atoms with Gasteiger partial charge in [0.2, 0.25) is 10.0 Å². The summed E-state index contributed by atoms with van der Waals surface area (Å²) in [6.07, 6.45) is -2.01. The van der Waals surface area contributed by atoms with Crippen molar-refractivity contribution in [1.29, 1.82) is 0 Å². The van der Waals surface area contributed by atoms with Gasteiger partial charge in [0.05, 0.1) is 10.5 Å². The molecule has 2 atom stereocenters. The van der Waals surface area contributed by atoms with Crippen molar-refractivity contribution in [1.82, 2.24) is 9.29 Å². The number of aromatic nitrogens is 1. The summed E-state index contributed by atoms with van der Waals surface area (Å²) in [6.45, 7) is 2.54. The van der Waals surface area contributed by atoms with Gasteiger partial charge in [0.25, 0.3) is 0 Å². The van der Waals surface area contributed by atoms with E-state index in [1.54, 1.807) is 12.1 Å². The maximum Gasteiger partial charge on any atom is 0.417 e. The summed E-state index contributed by atoms with van der Waals surface area (Å²) in [6, 6.07) is 7.16. The molecule has 1 fully saturated rings. The third kappa shape index (κ3) is 4.16. The minimum Gasteiger partial charge on any atom is -0.396 e. The van der Waals surface area contributed by atoms with E-state index in [0.29, 0.717) is 12.4 Å². The van der Waals surface area contributed by atoms with Crippen molar-refractivity contribution in [3.63, 3.8) is 0 Å². The van der Waals surface area contributed by atoms with Crippen molar-refractivity contribution in [2.45, 2.75) is 42.8 Å². The van der Waals surface area contributed by atoms with Crippen LogP contribution in [0.3, 0.4) is 0 Å². The first kappa shape index (κ1) is 22.0. The summed E-state index contributed by atoms with van der Waals surface area (Å²) < 4.78 is 66.2. The standard InChI is InChI=1S/C21H24F3N3O3S/c1-14-12-26(8-9-27(14)20-7-5-17(11-25-20)21(22,23)24)31(29,30)18-6-4-15-2-3-16(13-28)19(15)10-18/h4-7,10-11,14,16,28H,2-3,8-9,12-13H2,1H3/t14-,16?/m0/s1. The number of alkyl halides is 3. The van der Waals surface area contributed by atoms with Gasteiger partial charge in [0, 0.05) is 44.4 Å². The summed E-state index contributed by atoms with van der Waals surface area (Å²) >= 11 is 0. The lowest BCUT2D eigenvalue weighted by Crippen LogP contribution is -2.53. The molecule has 2 aromatic rings. The number of piperazine rings is 1. The molecule has 10 heteroatoms. The molecule has 2 aliphatic rings. The minimum absolute atomic E-state index is 0.00760. The van der Waals surface area contributed by atoms with Crippen LogP contribution in [-0.4, -0.2) is 55.1 Å². The molecule has 1 aliphatic heterocycles. The van der Waals surface area contributed by atoms with Crippen molar-refractivity contribution in [3.8, 4) is 0 Å². The van der Waals surface area contributed by atoms with Crippen LogP contribution in [0.2, 0.25) is 0 Å². The Labute approximate surface area is 179 Å². The molecular weight excluding hydrogens is 431 g/mol. The minimum atomic E-state index is -4.45. The Balaban J connectivity index is 1.51. The van der Waals surface area contributed by atoms with Crippen LogP contribution < -0.4 is 4.90 Å². The van der Waals surface area contributed by atoms with Crippen LogP contribution in [0, 0.1) is 0 Å². The Morgan fingerprint density at radius 3 is 2.58 bits per heavy atom. The van der Waals surface area contributed by atoms with Crippen molar-refractivity contribution >= 4 is 15.8 Å². The number of anilines is 1. The first-order valence-electron chi connectivity index (χ1n) is 10.1. The predicted octanol–water partition coefficient (Wildman–Crippen LogP) is 3.02. The molecule has 1 N–H and O–H groups in total. The number of halogens is 3. The molecule has 0 spiro atoms. The van der Waals surface area contributed by atoms with Crippen molar-refractivity contribution in [2.75, 3.05) is 31.1 Å². The van der Waals surface area contributed by atoms with E-state index in [4.69, 9.17) is 0 Å². The number of aliphatic hydroxyl groups is 1. The third-order valence-electron chi connectivity index (χ3n) is 6.14. The van der Waals surface area contributed by atoms with Gasteiger partial charge in [-0.2, -0.15) is 17.5 Å². The molecule has 6 nitrogen and oxygen atoms in total. The molecule has 1 aromatic heterocycles. The SMILES string of the molecule is C[C@H]1CN(S(=O)(=O)c2ccc3c(c2)C(CO)CC3)CCN1c1ccc(C(F)(F)F)cn1. The fourth-order valence-corrected chi connectivity index (χ4v) is 5.92. The van der Waals surface area contributed by atoms with Gasteiger partial charge < -0.3 is 10.0 Å². The zero-order valence-corrected chi connectivity index (χ0v) is 17.8. The fraction of sp³-hybridized carbons (Fsp3) is 0.476. The molecule has 1 aliphatic carbocycles. The fourth-order valence-electron chi connectivity index (χ4n) is 4.37. The number of sulfonamides is 1. The number of pyridine rings is 1. The zero-order chi connectivity index (χ0) is 22.4. The Bertz CT molecular complexity index is 1060. The number of rotatable bonds is 4. The van der Waals surface area contributed by atoms with E-state index < -0.39 is 21.8 Å². The van der Waals surface area contributed by atoms with E-state index in [1.807, 2.05) is 17.9 Å². The molecule has 1 aromatic carbocycles. The van der Waals surface area contributed by atoms with Gasteiger partial charge >= 0.3 is 6.18 Å². The lowest BCUT2D eigenvalue weighted by Gasteiger charge is -2.40. The van der Waals surface area contributed by atoms with Crippen molar-refractivity contribution in [3.05, 3.63) is 53.2 Å². The number of aryl methyl sites for hydroxylation is 1. The van der Waals surface area contributed by atoms with Crippen LogP contribution in [0.15, 0.2) is 41.4 Å². The number of hydrogen-bond acceptors (Lipinski definition) is 5. The topological polar surface area (TPSA) is 73.7 Å². The van der Waals surface area contributed by atoms with E-state index in [0.717, 1.165) is 36.2 Å². The summed E-state index contributed by atoms with van der Waals surface area (Å²) in [5.74, 6) is 0.354. The van der Waals surface area contributed by atoms with Crippen LogP contribution in [0.4, 0.5) is 19.0 Å². The summed E-state index contributed by atoms with van der Waals surface area (Å²) in [5.41, 5.74) is 1.15. The van der Waals surface area contributed by atoms with Crippen LogP contribution in [0.5, 0.6) is 0 Å². The highest BCUT2D eigenvalue weighted by atomic mass is 32.2. The highest BCUT2D eigenvalue weighted by molar-refractivity contribution is 7.89. The monoisotopic (exact) mass is 455 g/mol. The molecule has 0 saturated carbocycles. The van der Waals surface area contributed by atoms with Crippen LogP contribution in [0.1, 0.15) is 36.0 Å². The van der Waals surface area contributed by atoms with E-state index >= 15 is 0 Å². The highest BCUT2D eigenvalue weighted by Crippen LogP contribution is 2.35. The lowest BCUT2D eigenvalue weighted by molar-refractivity contribution is -0.137. The van der Waals surface area contributed by atoms with E-state index in [1.165, 1.54) is 10.4 Å². The van der Waals surface area contributed by atoms with Gasteiger partial charge in [-0.25, -0.2) is 13.4 Å². The number of hydrogen-bond donors (Lipinski definition) is 1. The maximum atomic E-state index is 13.2. The predicted molar refractivity (Wildman–Crippen MR) is 109 cm³/mol. The van der Waals surface area contributed by atoms with Gasteiger partial charge in [-0.1, -0.05) is 6.07 Å². The first-order valence-corrected chi connectivity index (χ1v) is 11.6. The molecule has 1 unspecified atom stereocenters. The lowest BCUT2D eigenvalue weighted by atomic mass is 10.0. The molecule has 168 valence electrons. The van der Waals surface area contributed by atoms with Gasteiger partial charge in [0.1, 0.15) is 5.82 Å². The van der Waals surface area contributed by atoms with Gasteiger partial charge in [-0.3, -0.25) is 0 Å². The van der Waals surface area contributed by atoms with Crippen LogP contribution >= 0.6 is 0 Å². The largest absolute Gasteiger partial charge is 0.417 e.